The maximum atomic E-state index is 13.8. The highest BCUT2D eigenvalue weighted by atomic mass is 35.5. The third-order valence-electron chi connectivity index (χ3n) is 5.67. The lowest BCUT2D eigenvalue weighted by molar-refractivity contribution is -0.139. The van der Waals surface area contributed by atoms with E-state index in [0.29, 0.717) is 15.6 Å². The van der Waals surface area contributed by atoms with Gasteiger partial charge in [-0.1, -0.05) is 71.2 Å². The van der Waals surface area contributed by atoms with Crippen LogP contribution in [-0.2, 0) is 26.2 Å². The molecule has 3 rings (SSSR count). The predicted octanol–water partition coefficient (Wildman–Crippen LogP) is 5.78. The van der Waals surface area contributed by atoms with Crippen molar-refractivity contribution in [1.29, 1.82) is 0 Å². The summed E-state index contributed by atoms with van der Waals surface area (Å²) in [6, 6.07) is 17.9. The molecule has 0 fully saturated rings. The highest BCUT2D eigenvalue weighted by molar-refractivity contribution is 7.92. The Labute approximate surface area is 238 Å². The molecule has 7 nitrogen and oxygen atoms in total. The molecule has 0 aliphatic carbocycles. The molecule has 202 valence electrons. The molecule has 1 N–H and O–H groups in total. The van der Waals surface area contributed by atoms with E-state index in [9.17, 15) is 18.0 Å². The minimum atomic E-state index is -4.19. The number of amides is 2. The number of nitrogens with zero attached hydrogens (tertiary/aromatic N) is 2. The maximum absolute atomic E-state index is 13.8. The fourth-order valence-electron chi connectivity index (χ4n) is 3.71. The molecule has 3 aromatic carbocycles. The second kappa shape index (κ2) is 12.8. The summed E-state index contributed by atoms with van der Waals surface area (Å²) in [7, 11) is -4.19. The van der Waals surface area contributed by atoms with Crippen LogP contribution in [0.4, 0.5) is 5.69 Å². The van der Waals surface area contributed by atoms with Gasteiger partial charge in [0.05, 0.1) is 25.7 Å². The maximum Gasteiger partial charge on any atom is 0.264 e. The minimum absolute atomic E-state index is 0.00523. The second-order valence-corrected chi connectivity index (χ2v) is 12.0. The Kier molecular flexibility index (Phi) is 10.1. The van der Waals surface area contributed by atoms with Crippen molar-refractivity contribution in [1.82, 2.24) is 10.2 Å². The highest BCUT2D eigenvalue weighted by Crippen LogP contribution is 2.31. The van der Waals surface area contributed by atoms with Gasteiger partial charge < -0.3 is 10.2 Å². The van der Waals surface area contributed by atoms with Gasteiger partial charge in [0.15, 0.2) is 0 Å². The predicted molar refractivity (Wildman–Crippen MR) is 152 cm³/mol. The van der Waals surface area contributed by atoms with Crippen LogP contribution in [0.5, 0.6) is 0 Å². The third kappa shape index (κ3) is 7.20. The van der Waals surface area contributed by atoms with E-state index in [2.05, 4.69) is 5.32 Å². The lowest BCUT2D eigenvalue weighted by atomic mass is 10.1. The number of hydrogen-bond donors (Lipinski definition) is 1. The molecule has 0 aromatic heterocycles. The monoisotopic (exact) mass is 595 g/mol. The van der Waals surface area contributed by atoms with Crippen LogP contribution in [0.1, 0.15) is 26.3 Å². The number of carbonyl (C=O) groups excluding carboxylic acids is 2. The first-order chi connectivity index (χ1) is 17.9. The summed E-state index contributed by atoms with van der Waals surface area (Å²) in [6.45, 7) is 4.59. The number of nitrogens with one attached hydrogen (secondary N) is 1. The van der Waals surface area contributed by atoms with Crippen LogP contribution in [0.25, 0.3) is 0 Å². The largest absolute Gasteiger partial charge is 0.352 e. The fourth-order valence-corrected chi connectivity index (χ4v) is 5.77. The van der Waals surface area contributed by atoms with E-state index in [1.807, 2.05) is 0 Å². The first kappa shape index (κ1) is 29.8. The quantitative estimate of drug-likeness (QED) is 0.321. The Morgan fingerprint density at radius 2 is 1.47 bits per heavy atom. The Morgan fingerprint density at radius 1 is 0.842 bits per heavy atom. The van der Waals surface area contributed by atoms with E-state index in [1.165, 1.54) is 23.1 Å². The zero-order valence-corrected chi connectivity index (χ0v) is 24.2. The number of halogens is 3. The molecule has 0 bridgehead atoms. The van der Waals surface area contributed by atoms with Gasteiger partial charge in [0.25, 0.3) is 10.0 Å². The second-order valence-electron chi connectivity index (χ2n) is 8.89. The van der Waals surface area contributed by atoms with Gasteiger partial charge in [-0.25, -0.2) is 8.42 Å². The number of anilines is 1. The first-order valence-corrected chi connectivity index (χ1v) is 14.3. The van der Waals surface area contributed by atoms with Gasteiger partial charge in [-0.3, -0.25) is 13.9 Å². The van der Waals surface area contributed by atoms with Crippen LogP contribution in [0.3, 0.4) is 0 Å². The average molecular weight is 597 g/mol. The van der Waals surface area contributed by atoms with Crippen molar-refractivity contribution in [2.24, 2.45) is 0 Å². The molecule has 2 amide bonds. The lowest BCUT2D eigenvalue weighted by Gasteiger charge is -2.32. The zero-order chi connectivity index (χ0) is 28.0. The molecular weight excluding hydrogens is 569 g/mol. The van der Waals surface area contributed by atoms with Crippen molar-refractivity contribution < 1.29 is 18.0 Å². The Balaban J connectivity index is 2.04. The number of rotatable bonds is 10. The fraction of sp³-hybridized carbons (Fsp3) is 0.259. The number of sulfonamides is 1. The van der Waals surface area contributed by atoms with Gasteiger partial charge in [0.1, 0.15) is 12.6 Å². The third-order valence-corrected chi connectivity index (χ3v) is 8.50. The summed E-state index contributed by atoms with van der Waals surface area (Å²) in [5.41, 5.74) is 0.757. The molecule has 1 atom stereocenters. The van der Waals surface area contributed by atoms with Gasteiger partial charge in [0, 0.05) is 12.6 Å². The van der Waals surface area contributed by atoms with E-state index in [4.69, 9.17) is 34.8 Å². The smallest absolute Gasteiger partial charge is 0.264 e. The Hall–Kier alpha value is -2.78. The van der Waals surface area contributed by atoms with E-state index >= 15 is 0 Å². The summed E-state index contributed by atoms with van der Waals surface area (Å²) in [5.74, 6) is -0.995. The standard InChI is InChI=1S/C27H28Cl3N3O4S/c1-18(2)31-27(35)19(3)32(16-20-13-14-22(28)24(30)15-20)26(34)17-33(25-12-8-7-11-23(25)29)38(36,37)21-9-5-4-6-10-21/h4-15,18-19H,16-17H2,1-3H3,(H,31,35)/t19-/m0/s1. The highest BCUT2D eigenvalue weighted by Gasteiger charge is 2.33. The summed E-state index contributed by atoms with van der Waals surface area (Å²) in [4.78, 5) is 28.1. The summed E-state index contributed by atoms with van der Waals surface area (Å²) in [6.07, 6.45) is 0. The normalized spacial score (nSPS) is 12.2. The molecule has 0 radical (unpaired) electrons. The Bertz CT molecular complexity index is 1400. The van der Waals surface area contributed by atoms with Crippen LogP contribution in [0, 0.1) is 0 Å². The molecule has 0 spiro atoms. The molecular formula is C27H28Cl3N3O4S. The van der Waals surface area contributed by atoms with Crippen molar-refractivity contribution in [3.63, 3.8) is 0 Å². The molecule has 0 heterocycles. The SMILES string of the molecule is CC(C)NC(=O)[C@H](C)N(Cc1ccc(Cl)c(Cl)c1)C(=O)CN(c1ccccc1Cl)S(=O)(=O)c1ccccc1. The number of carbonyl (C=O) groups is 2. The summed E-state index contributed by atoms with van der Waals surface area (Å²) in [5, 5.41) is 3.59. The zero-order valence-electron chi connectivity index (χ0n) is 21.1. The first-order valence-electron chi connectivity index (χ1n) is 11.8. The van der Waals surface area contributed by atoms with E-state index in [0.717, 1.165) is 4.31 Å². The van der Waals surface area contributed by atoms with E-state index < -0.39 is 28.5 Å². The molecule has 11 heteroatoms. The molecule has 0 aliphatic heterocycles. The number of hydrogen-bond acceptors (Lipinski definition) is 4. The van der Waals surface area contributed by atoms with E-state index in [-0.39, 0.29) is 34.1 Å². The molecule has 0 aliphatic rings. The molecule has 0 saturated heterocycles. The molecule has 3 aromatic rings. The molecule has 0 saturated carbocycles. The van der Waals surface area contributed by atoms with E-state index in [1.54, 1.807) is 75.4 Å². The van der Waals surface area contributed by atoms with Gasteiger partial charge in [-0.05, 0) is 62.7 Å². The van der Waals surface area contributed by atoms with Crippen molar-refractivity contribution >= 4 is 62.3 Å². The number of benzene rings is 3. The van der Waals surface area contributed by atoms with Crippen LogP contribution in [0.15, 0.2) is 77.7 Å². The number of para-hydroxylation sites is 1. The molecule has 38 heavy (non-hydrogen) atoms. The lowest BCUT2D eigenvalue weighted by Crippen LogP contribution is -2.52. The summed E-state index contributed by atoms with van der Waals surface area (Å²) < 4.78 is 28.4. The minimum Gasteiger partial charge on any atom is -0.352 e. The van der Waals surface area contributed by atoms with Crippen LogP contribution in [-0.4, -0.2) is 43.8 Å². The van der Waals surface area contributed by atoms with Crippen LogP contribution < -0.4 is 9.62 Å². The van der Waals surface area contributed by atoms with Crippen molar-refractivity contribution in [2.45, 2.75) is 44.3 Å². The van der Waals surface area contributed by atoms with Gasteiger partial charge in [0.2, 0.25) is 11.8 Å². The van der Waals surface area contributed by atoms with Gasteiger partial charge in [-0.15, -0.1) is 0 Å². The van der Waals surface area contributed by atoms with Gasteiger partial charge >= 0.3 is 0 Å². The van der Waals surface area contributed by atoms with Gasteiger partial charge in [-0.2, -0.15) is 0 Å². The van der Waals surface area contributed by atoms with Crippen molar-refractivity contribution in [3.05, 3.63) is 93.4 Å². The average Bonchev–Trinajstić information content (AvgIpc) is 2.88. The van der Waals surface area contributed by atoms with Crippen LogP contribution >= 0.6 is 34.8 Å². The van der Waals surface area contributed by atoms with Crippen molar-refractivity contribution in [2.75, 3.05) is 10.8 Å². The topological polar surface area (TPSA) is 86.8 Å². The summed E-state index contributed by atoms with van der Waals surface area (Å²) >= 11 is 18.6. The van der Waals surface area contributed by atoms with Crippen molar-refractivity contribution in [3.8, 4) is 0 Å². The Morgan fingerprint density at radius 3 is 2.08 bits per heavy atom. The molecule has 0 unspecified atom stereocenters. The van der Waals surface area contributed by atoms with Crippen LogP contribution in [0.2, 0.25) is 15.1 Å².